The minimum Gasteiger partial charge on any atom is -0.339 e. The van der Waals surface area contributed by atoms with Gasteiger partial charge in [0.05, 0.1) is 34.2 Å². The van der Waals surface area contributed by atoms with Crippen LogP contribution in [0, 0.1) is 6.92 Å². The lowest BCUT2D eigenvalue weighted by Gasteiger charge is -2.39. The molecule has 0 saturated carbocycles. The molecule has 292 valence electrons. The van der Waals surface area contributed by atoms with Crippen molar-refractivity contribution < 1.29 is 4.79 Å². The number of anilines is 2. The molecular weight excluding hydrogens is 721 g/mol. The number of hydrogen-bond acceptors (Lipinski definition) is 11. The molecule has 0 unspecified atom stereocenters. The Morgan fingerprint density at radius 2 is 1.09 bits per heavy atom. The molecule has 6 heterocycles. The number of nitrogens with zero attached hydrogens (tertiary/aromatic N) is 10. The van der Waals surface area contributed by atoms with Gasteiger partial charge in [-0.25, -0.2) is 19.9 Å². The van der Waals surface area contributed by atoms with Crippen molar-refractivity contribution in [2.45, 2.75) is 39.5 Å². The second-order valence-electron chi connectivity index (χ2n) is 13.6. The van der Waals surface area contributed by atoms with E-state index in [-0.39, 0.29) is 11.7 Å². The van der Waals surface area contributed by atoms with Crippen LogP contribution < -0.4 is 9.80 Å². The fraction of sp³-hybridized carbons (Fsp3) is 0.213. The van der Waals surface area contributed by atoms with E-state index in [1.807, 2.05) is 50.2 Å². The first-order valence-electron chi connectivity index (χ1n) is 19.3. The summed E-state index contributed by atoms with van der Waals surface area (Å²) in [4.78, 5) is 52.3. The highest BCUT2D eigenvalue weighted by Crippen LogP contribution is 2.36. The van der Waals surface area contributed by atoms with Crippen molar-refractivity contribution in [1.29, 1.82) is 0 Å². The Balaban J connectivity index is 0.000000188. The molecule has 0 spiro atoms. The van der Waals surface area contributed by atoms with Crippen molar-refractivity contribution in [3.8, 4) is 22.5 Å². The highest BCUT2D eigenvalue weighted by molar-refractivity contribution is 5.94. The van der Waals surface area contributed by atoms with Crippen LogP contribution in [0.4, 0.5) is 11.9 Å². The summed E-state index contributed by atoms with van der Waals surface area (Å²) in [7, 11) is 0. The molecule has 58 heavy (non-hydrogen) atoms. The lowest BCUT2D eigenvalue weighted by Crippen LogP contribution is -2.46. The normalized spacial score (nSPS) is 13.4. The van der Waals surface area contributed by atoms with Gasteiger partial charge in [-0.2, -0.15) is 0 Å². The molecule has 0 aliphatic carbocycles. The zero-order valence-corrected chi connectivity index (χ0v) is 33.6. The van der Waals surface area contributed by atoms with E-state index in [0.29, 0.717) is 23.4 Å². The molecule has 0 radical (unpaired) electrons. The third kappa shape index (κ3) is 8.68. The van der Waals surface area contributed by atoms with Crippen LogP contribution in [0.2, 0.25) is 0 Å². The molecule has 2 aromatic carbocycles. The van der Waals surface area contributed by atoms with Crippen LogP contribution in [0.5, 0.6) is 0 Å². The summed E-state index contributed by atoms with van der Waals surface area (Å²) in [5.41, 5.74) is 11.1. The average molecular weight is 769 g/mol. The molecule has 4 aromatic heterocycles. The van der Waals surface area contributed by atoms with Crippen LogP contribution in [0.1, 0.15) is 82.4 Å². The second-order valence-corrected chi connectivity index (χ2v) is 13.6. The number of carbonyl (C=O) groups excluding carboxylic acids is 1. The fourth-order valence-electron chi connectivity index (χ4n) is 6.79. The van der Waals surface area contributed by atoms with Gasteiger partial charge in [-0.1, -0.05) is 101 Å². The van der Waals surface area contributed by atoms with Crippen molar-refractivity contribution in [3.63, 3.8) is 0 Å². The van der Waals surface area contributed by atoms with E-state index in [1.165, 1.54) is 5.56 Å². The maximum Gasteiger partial charge on any atom is 0.225 e. The molecule has 0 N–H and O–H groups in total. The van der Waals surface area contributed by atoms with E-state index in [0.717, 1.165) is 82.6 Å². The quantitative estimate of drug-likeness (QED) is 0.117. The number of rotatable bonds is 11. The molecule has 2 saturated heterocycles. The number of aromatic nitrogens is 8. The molecule has 0 amide bonds. The number of benzene rings is 2. The predicted octanol–water partition coefficient (Wildman–Crippen LogP) is 9.18. The highest BCUT2D eigenvalue weighted by atomic mass is 16.1. The van der Waals surface area contributed by atoms with Crippen molar-refractivity contribution in [2.24, 2.45) is 0 Å². The van der Waals surface area contributed by atoms with Crippen LogP contribution in [-0.4, -0.2) is 71.8 Å². The smallest absolute Gasteiger partial charge is 0.225 e. The van der Waals surface area contributed by atoms with E-state index in [9.17, 15) is 4.79 Å². The summed E-state index contributed by atoms with van der Waals surface area (Å²) in [6, 6.07) is 15.8. The first kappa shape index (κ1) is 40.6. The van der Waals surface area contributed by atoms with Gasteiger partial charge in [0.15, 0.2) is 5.78 Å². The largest absolute Gasteiger partial charge is 0.339 e. The zero-order valence-electron chi connectivity index (χ0n) is 33.6. The molecule has 2 aliphatic rings. The maximum absolute atomic E-state index is 11.5. The third-order valence-corrected chi connectivity index (χ3v) is 10.0. The summed E-state index contributed by atoms with van der Waals surface area (Å²) in [5, 5.41) is 0. The molecule has 0 atom stereocenters. The molecule has 2 fully saturated rings. The van der Waals surface area contributed by atoms with Crippen LogP contribution >= 0.6 is 0 Å². The Morgan fingerprint density at radius 1 is 0.621 bits per heavy atom. The average Bonchev–Trinajstić information content (AvgIpc) is 3.24. The molecule has 8 rings (SSSR count). The Kier molecular flexibility index (Phi) is 13.1. The number of ketones is 1. The lowest BCUT2D eigenvalue weighted by atomic mass is 9.91. The topological polar surface area (TPSA) is 127 Å². The van der Waals surface area contributed by atoms with Crippen molar-refractivity contribution in [3.05, 3.63) is 157 Å². The monoisotopic (exact) mass is 768 g/mol. The van der Waals surface area contributed by atoms with Gasteiger partial charge in [0.25, 0.3) is 0 Å². The Labute approximate surface area is 340 Å². The number of Topliss-reactive ketones (excluding diaryl/α,β-unsaturated/α-hetero) is 1. The highest BCUT2D eigenvalue weighted by Gasteiger charge is 2.35. The minimum atomic E-state index is 0.0481. The van der Waals surface area contributed by atoms with Crippen molar-refractivity contribution >= 4 is 42.0 Å². The molecule has 6 aromatic rings. The van der Waals surface area contributed by atoms with Gasteiger partial charge in [0.2, 0.25) is 11.9 Å². The molecule has 0 bridgehead atoms. The van der Waals surface area contributed by atoms with E-state index in [2.05, 4.69) is 95.0 Å². The standard InChI is InChI=1S/C23H21N5O.C22H21N5.C2H6/c1-4-16-12-26-23(27-20(16)5-2)28-13-19(14-28)22-21(24-10-11-25-22)18-8-6-17(7-9-18)15(3)29;1-4-16-12-25-22(26-19(16)5-2)27-13-17(14-27)20-21(24-11-10-23-20)18-9-7-6-8-15(18)3;1-2/h4-12,19H,1-2,13-14H2,3H3;4-12,17H,1-2,13-14H2,3H3;1-2H3. The molecule has 11 heteroatoms. The van der Waals surface area contributed by atoms with Gasteiger partial charge in [0.1, 0.15) is 0 Å². The van der Waals surface area contributed by atoms with Gasteiger partial charge in [-0.15, -0.1) is 0 Å². The van der Waals surface area contributed by atoms with Gasteiger partial charge in [-0.3, -0.25) is 24.7 Å². The molecule has 2 aliphatic heterocycles. The van der Waals surface area contributed by atoms with E-state index in [1.54, 1.807) is 68.4 Å². The van der Waals surface area contributed by atoms with Crippen LogP contribution in [0.3, 0.4) is 0 Å². The molecule has 11 nitrogen and oxygen atoms in total. The van der Waals surface area contributed by atoms with Gasteiger partial charge in [-0.05, 0) is 31.6 Å². The van der Waals surface area contributed by atoms with E-state index >= 15 is 0 Å². The number of aryl methyl sites for hydroxylation is 1. The summed E-state index contributed by atoms with van der Waals surface area (Å²) in [5.74, 6) is 1.99. The number of carbonyl (C=O) groups is 1. The second kappa shape index (κ2) is 18.8. The van der Waals surface area contributed by atoms with Gasteiger partial charge >= 0.3 is 0 Å². The zero-order chi connectivity index (χ0) is 41.2. The maximum atomic E-state index is 11.5. The van der Waals surface area contributed by atoms with Crippen molar-refractivity contribution in [2.75, 3.05) is 36.0 Å². The summed E-state index contributed by atoms with van der Waals surface area (Å²) in [6.45, 7) is 26.0. The summed E-state index contributed by atoms with van der Waals surface area (Å²) >= 11 is 0. The minimum absolute atomic E-state index is 0.0481. The Morgan fingerprint density at radius 3 is 1.55 bits per heavy atom. The SMILES string of the molecule is C=Cc1cnc(N2CC(c3nccnc3-c3ccc(C(C)=O)cc3)C2)nc1C=C.C=Cc1cnc(N2CC(c3nccnc3-c3ccccc3C)C2)nc1C=C.CC. The van der Waals surface area contributed by atoms with Crippen LogP contribution in [-0.2, 0) is 0 Å². The predicted molar refractivity (Wildman–Crippen MR) is 235 cm³/mol. The van der Waals surface area contributed by atoms with Crippen molar-refractivity contribution in [1.82, 2.24) is 39.9 Å². The number of hydrogen-bond donors (Lipinski definition) is 0. The summed E-state index contributed by atoms with van der Waals surface area (Å²) < 4.78 is 0. The third-order valence-electron chi connectivity index (χ3n) is 10.0. The first-order valence-corrected chi connectivity index (χ1v) is 19.3. The van der Waals surface area contributed by atoms with Gasteiger partial charge in [0, 0.05) is 103 Å². The first-order chi connectivity index (χ1) is 28.3. The van der Waals surface area contributed by atoms with Gasteiger partial charge < -0.3 is 9.80 Å². The van der Waals surface area contributed by atoms with Crippen LogP contribution in [0.25, 0.3) is 46.8 Å². The van der Waals surface area contributed by atoms with E-state index in [4.69, 9.17) is 0 Å². The van der Waals surface area contributed by atoms with Crippen LogP contribution in [0.15, 0.2) is 112 Å². The Bertz CT molecular complexity index is 2430. The Hall–Kier alpha value is -7.01. The lowest BCUT2D eigenvalue weighted by molar-refractivity contribution is 0.101. The van der Waals surface area contributed by atoms with E-state index < -0.39 is 0 Å². The summed E-state index contributed by atoms with van der Waals surface area (Å²) in [6.07, 6.45) is 17.4. The molecular formula is C47H48N10O. The fourth-order valence-corrected chi connectivity index (χ4v) is 6.79.